The van der Waals surface area contributed by atoms with E-state index in [0.29, 0.717) is 17.9 Å². The first kappa shape index (κ1) is 23.1. The van der Waals surface area contributed by atoms with Crippen molar-refractivity contribution in [3.63, 3.8) is 0 Å². The highest BCUT2D eigenvalue weighted by Crippen LogP contribution is 2.28. The maximum Gasteiger partial charge on any atom is 0.319 e. The van der Waals surface area contributed by atoms with Crippen LogP contribution in [0.15, 0.2) is 28.2 Å². The number of amides is 1. The summed E-state index contributed by atoms with van der Waals surface area (Å²) in [7, 11) is 2.93. The maximum absolute atomic E-state index is 12.5. The number of carbonyl (C=O) groups excluding carboxylic acids is 2. The molecule has 0 radical (unpaired) electrons. The number of aromatic nitrogens is 2. The molecular weight excluding hydrogens is 412 g/mol. The number of rotatable bonds is 9. The van der Waals surface area contributed by atoms with Crippen LogP contribution in [0.5, 0.6) is 11.5 Å². The summed E-state index contributed by atoms with van der Waals surface area (Å²) in [5, 5.41) is 2.07. The van der Waals surface area contributed by atoms with E-state index in [1.54, 1.807) is 13.0 Å². The van der Waals surface area contributed by atoms with Gasteiger partial charge in [-0.15, -0.1) is 0 Å². The normalized spacial score (nSPS) is 11.5. The quantitative estimate of drug-likeness (QED) is 0.305. The third-order valence-corrected chi connectivity index (χ3v) is 5.21. The number of anilines is 2. The van der Waals surface area contributed by atoms with Crippen LogP contribution in [-0.4, -0.2) is 47.9 Å². The Morgan fingerprint density at radius 3 is 2.50 bits per heavy atom. The highest BCUT2D eigenvalue weighted by Gasteiger charge is 2.22. The van der Waals surface area contributed by atoms with Gasteiger partial charge in [0.25, 0.3) is 11.5 Å². The van der Waals surface area contributed by atoms with Gasteiger partial charge in [0.1, 0.15) is 10.9 Å². The Bertz CT molecular complexity index is 978. The summed E-state index contributed by atoms with van der Waals surface area (Å²) in [4.78, 5) is 43.6. The van der Waals surface area contributed by atoms with E-state index in [1.165, 1.54) is 26.4 Å². The highest BCUT2D eigenvalue weighted by atomic mass is 32.2. The average molecular weight is 436 g/mol. The van der Waals surface area contributed by atoms with E-state index in [-0.39, 0.29) is 28.8 Å². The largest absolute Gasteiger partial charge is 0.493 e. The van der Waals surface area contributed by atoms with Crippen LogP contribution in [0.25, 0.3) is 0 Å². The molecule has 1 aromatic carbocycles. The lowest BCUT2D eigenvalue weighted by Crippen LogP contribution is -2.24. The number of nitrogens with zero attached hydrogens (tertiary/aromatic N) is 1. The van der Waals surface area contributed by atoms with Crippen LogP contribution >= 0.6 is 11.8 Å². The molecule has 0 unspecified atom stereocenters. The van der Waals surface area contributed by atoms with Gasteiger partial charge in [0.2, 0.25) is 0 Å². The number of methoxy groups -OCH3 is 2. The standard InChI is InChI=1S/C19H24N4O6S/c1-5-13(18(26)29-6-2)30-19-22-15(20)14(17(25)23-19)21-16(24)10-7-8-11(27-3)12(9-10)28-4/h7-9,13H,5-6H2,1-4H3,(H,21,24)(H3,20,22,23,25)/t13-/m1/s1. The van der Waals surface area contributed by atoms with Crippen molar-refractivity contribution in [3.8, 4) is 11.5 Å². The van der Waals surface area contributed by atoms with Gasteiger partial charge in [0.15, 0.2) is 22.5 Å². The number of nitrogen functional groups attached to an aromatic ring is 1. The molecule has 4 N–H and O–H groups in total. The number of ether oxygens (including phenoxy) is 3. The number of esters is 1. The molecule has 11 heteroatoms. The van der Waals surface area contributed by atoms with E-state index in [9.17, 15) is 14.4 Å². The van der Waals surface area contributed by atoms with Crippen molar-refractivity contribution in [2.75, 3.05) is 31.9 Å². The molecule has 30 heavy (non-hydrogen) atoms. The second kappa shape index (κ2) is 10.5. The summed E-state index contributed by atoms with van der Waals surface area (Å²) in [6.07, 6.45) is 0.477. The molecule has 1 atom stereocenters. The Morgan fingerprint density at radius 2 is 1.93 bits per heavy atom. The van der Waals surface area contributed by atoms with Gasteiger partial charge in [-0.3, -0.25) is 19.4 Å². The molecule has 0 saturated heterocycles. The topological polar surface area (TPSA) is 146 Å². The predicted octanol–water partition coefficient (Wildman–Crippen LogP) is 2.06. The van der Waals surface area contributed by atoms with Gasteiger partial charge in [-0.1, -0.05) is 18.7 Å². The Kier molecular flexibility index (Phi) is 8.10. The van der Waals surface area contributed by atoms with Gasteiger partial charge >= 0.3 is 5.97 Å². The van der Waals surface area contributed by atoms with Gasteiger partial charge in [0, 0.05) is 5.56 Å². The zero-order valence-corrected chi connectivity index (χ0v) is 17.9. The number of carbonyl (C=O) groups is 2. The summed E-state index contributed by atoms with van der Waals surface area (Å²) in [6.45, 7) is 3.78. The number of H-pyrrole nitrogens is 1. The average Bonchev–Trinajstić information content (AvgIpc) is 2.73. The summed E-state index contributed by atoms with van der Waals surface area (Å²) in [5.41, 5.74) is 5.28. The number of nitrogens with one attached hydrogen (secondary N) is 2. The van der Waals surface area contributed by atoms with Gasteiger partial charge in [-0.2, -0.15) is 0 Å². The lowest BCUT2D eigenvalue weighted by molar-refractivity contribution is -0.142. The van der Waals surface area contributed by atoms with Crippen LogP contribution in [0.2, 0.25) is 0 Å². The molecule has 1 heterocycles. The lowest BCUT2D eigenvalue weighted by Gasteiger charge is -2.13. The summed E-state index contributed by atoms with van der Waals surface area (Å²) >= 11 is 1.03. The molecular formula is C19H24N4O6S. The second-order valence-corrected chi connectivity index (χ2v) is 7.11. The molecule has 1 aromatic heterocycles. The molecule has 2 rings (SSSR count). The van der Waals surface area contributed by atoms with Crippen molar-refractivity contribution >= 4 is 35.1 Å². The molecule has 0 aliphatic heterocycles. The van der Waals surface area contributed by atoms with Crippen LogP contribution in [0.1, 0.15) is 30.6 Å². The Balaban J connectivity index is 2.22. The molecule has 0 aliphatic carbocycles. The number of nitrogens with two attached hydrogens (primary N) is 1. The van der Waals surface area contributed by atoms with Crippen LogP contribution in [0, 0.1) is 0 Å². The summed E-state index contributed by atoms with van der Waals surface area (Å²) < 4.78 is 15.3. The van der Waals surface area contributed by atoms with Crippen LogP contribution in [0.4, 0.5) is 11.5 Å². The molecule has 0 saturated carbocycles. The molecule has 1 amide bonds. The van der Waals surface area contributed by atoms with E-state index in [1.807, 2.05) is 6.92 Å². The second-order valence-electron chi connectivity index (χ2n) is 5.92. The number of benzene rings is 1. The first-order chi connectivity index (χ1) is 14.3. The van der Waals surface area contributed by atoms with Gasteiger partial charge in [-0.25, -0.2) is 4.98 Å². The van der Waals surface area contributed by atoms with E-state index >= 15 is 0 Å². The lowest BCUT2D eigenvalue weighted by atomic mass is 10.2. The predicted molar refractivity (Wildman–Crippen MR) is 113 cm³/mol. The number of hydrogen-bond donors (Lipinski definition) is 3. The third kappa shape index (κ3) is 5.44. The minimum Gasteiger partial charge on any atom is -0.493 e. The van der Waals surface area contributed by atoms with E-state index < -0.39 is 22.7 Å². The van der Waals surface area contributed by atoms with Gasteiger partial charge in [0.05, 0.1) is 20.8 Å². The van der Waals surface area contributed by atoms with Gasteiger partial charge < -0.3 is 25.3 Å². The molecule has 10 nitrogen and oxygen atoms in total. The van der Waals surface area contributed by atoms with Crippen LogP contribution in [-0.2, 0) is 9.53 Å². The van der Waals surface area contributed by atoms with E-state index in [0.717, 1.165) is 11.8 Å². The minimum absolute atomic E-state index is 0.154. The third-order valence-electron chi connectivity index (χ3n) is 3.98. The van der Waals surface area contributed by atoms with Crippen molar-refractivity contribution < 1.29 is 23.8 Å². The first-order valence-corrected chi connectivity index (χ1v) is 9.98. The summed E-state index contributed by atoms with van der Waals surface area (Å²) in [5.74, 6) is -0.331. The molecule has 0 spiro atoms. The van der Waals surface area contributed by atoms with E-state index in [4.69, 9.17) is 19.9 Å². The Labute approximate surface area is 177 Å². The van der Waals surface area contributed by atoms with Crippen LogP contribution < -0.4 is 26.1 Å². The fourth-order valence-corrected chi connectivity index (χ4v) is 3.38. The molecule has 0 bridgehead atoms. The van der Waals surface area contributed by atoms with Crippen molar-refractivity contribution in [1.82, 2.24) is 9.97 Å². The number of aromatic amines is 1. The van der Waals surface area contributed by atoms with Crippen molar-refractivity contribution in [2.24, 2.45) is 0 Å². The first-order valence-electron chi connectivity index (χ1n) is 9.10. The highest BCUT2D eigenvalue weighted by molar-refractivity contribution is 8.00. The molecule has 0 fully saturated rings. The maximum atomic E-state index is 12.5. The van der Waals surface area contributed by atoms with Gasteiger partial charge in [-0.05, 0) is 31.5 Å². The molecule has 0 aliphatic rings. The Hall–Kier alpha value is -3.21. The van der Waals surface area contributed by atoms with Crippen molar-refractivity contribution in [1.29, 1.82) is 0 Å². The number of hydrogen-bond acceptors (Lipinski definition) is 9. The van der Waals surface area contributed by atoms with Crippen molar-refractivity contribution in [3.05, 3.63) is 34.1 Å². The number of thioether (sulfide) groups is 1. The Morgan fingerprint density at radius 1 is 1.23 bits per heavy atom. The monoisotopic (exact) mass is 436 g/mol. The van der Waals surface area contributed by atoms with Crippen LogP contribution in [0.3, 0.4) is 0 Å². The summed E-state index contributed by atoms with van der Waals surface area (Å²) in [6, 6.07) is 4.56. The zero-order chi connectivity index (χ0) is 22.3. The smallest absolute Gasteiger partial charge is 0.319 e. The molecule has 2 aromatic rings. The fraction of sp³-hybridized carbons (Fsp3) is 0.368. The zero-order valence-electron chi connectivity index (χ0n) is 17.1. The fourth-order valence-electron chi connectivity index (χ4n) is 2.48. The SMILES string of the molecule is CCOC(=O)[C@@H](CC)Sc1nc(N)c(NC(=O)c2ccc(OC)c(OC)c2)c(=O)[nH]1. The van der Waals surface area contributed by atoms with Crippen molar-refractivity contribution in [2.45, 2.75) is 30.7 Å². The molecule has 162 valence electrons. The minimum atomic E-state index is -0.641. The van der Waals surface area contributed by atoms with E-state index in [2.05, 4.69) is 15.3 Å².